The topological polar surface area (TPSA) is 71.1 Å². The molecular weight excluding hydrogens is 360 g/mol. The summed E-state index contributed by atoms with van der Waals surface area (Å²) in [6.45, 7) is 5.14. The van der Waals surface area contributed by atoms with Crippen LogP contribution in [0.25, 0.3) is 6.08 Å². The van der Waals surface area contributed by atoms with E-state index in [1.165, 1.54) is 0 Å². The van der Waals surface area contributed by atoms with Gasteiger partial charge in [-0.3, -0.25) is 4.79 Å². The zero-order valence-corrected chi connectivity index (χ0v) is 16.3. The number of carbonyl (C=O) groups is 2. The number of methoxy groups -OCH3 is 1. The lowest BCUT2D eigenvalue weighted by molar-refractivity contribution is -0.157. The second-order valence-corrected chi connectivity index (χ2v) is 7.25. The maximum atomic E-state index is 12.6. The van der Waals surface area contributed by atoms with Gasteiger partial charge in [-0.25, -0.2) is 4.79 Å². The molecule has 0 aromatic heterocycles. The molecular formula is C22H22O6. The Morgan fingerprint density at radius 2 is 1.89 bits per heavy atom. The predicted octanol–water partition coefficient (Wildman–Crippen LogP) is 4.03. The average Bonchev–Trinajstić information content (AvgIpc) is 2.94. The van der Waals surface area contributed by atoms with E-state index in [9.17, 15) is 9.59 Å². The third kappa shape index (κ3) is 4.71. The standard InChI is InChI=1S/C22H22O6/c1-22(2,3)28-20(23)13-26-16-8-9-17-18(12-16)27-19(21(17)24)11-14-6-5-7-15(10-14)25-4/h5-12H,13H2,1-4H3. The summed E-state index contributed by atoms with van der Waals surface area (Å²) >= 11 is 0. The van der Waals surface area contributed by atoms with Crippen LogP contribution in [0, 0.1) is 0 Å². The van der Waals surface area contributed by atoms with Gasteiger partial charge in [0.05, 0.1) is 12.7 Å². The molecule has 1 heterocycles. The molecule has 2 aromatic carbocycles. The maximum Gasteiger partial charge on any atom is 0.344 e. The second-order valence-electron chi connectivity index (χ2n) is 7.25. The molecule has 0 saturated heterocycles. The summed E-state index contributed by atoms with van der Waals surface area (Å²) in [5.74, 6) is 1.03. The highest BCUT2D eigenvalue weighted by atomic mass is 16.6. The van der Waals surface area contributed by atoms with Gasteiger partial charge in [-0.15, -0.1) is 0 Å². The fourth-order valence-electron chi connectivity index (χ4n) is 2.65. The van der Waals surface area contributed by atoms with Gasteiger partial charge >= 0.3 is 5.97 Å². The lowest BCUT2D eigenvalue weighted by Crippen LogP contribution is -2.27. The first-order valence-electron chi connectivity index (χ1n) is 8.82. The van der Waals surface area contributed by atoms with Gasteiger partial charge in [0.2, 0.25) is 5.78 Å². The Balaban J connectivity index is 1.71. The molecule has 0 unspecified atom stereocenters. The quantitative estimate of drug-likeness (QED) is 0.574. The molecule has 2 aromatic rings. The molecule has 0 atom stereocenters. The first kappa shape index (κ1) is 19.5. The Morgan fingerprint density at radius 1 is 1.11 bits per heavy atom. The fourth-order valence-corrected chi connectivity index (χ4v) is 2.65. The molecule has 1 aliphatic rings. The van der Waals surface area contributed by atoms with Crippen molar-refractivity contribution in [2.45, 2.75) is 26.4 Å². The van der Waals surface area contributed by atoms with Gasteiger partial charge in [-0.2, -0.15) is 0 Å². The zero-order chi connectivity index (χ0) is 20.3. The Labute approximate surface area is 163 Å². The molecule has 1 aliphatic heterocycles. The first-order chi connectivity index (χ1) is 13.2. The van der Waals surface area contributed by atoms with E-state index in [1.54, 1.807) is 52.2 Å². The van der Waals surface area contributed by atoms with Gasteiger partial charge in [0.15, 0.2) is 12.4 Å². The molecule has 6 heteroatoms. The summed E-state index contributed by atoms with van der Waals surface area (Å²) < 4.78 is 21.5. The van der Waals surface area contributed by atoms with E-state index in [-0.39, 0.29) is 18.1 Å². The molecule has 3 rings (SSSR count). The third-order valence-corrected chi connectivity index (χ3v) is 3.81. The van der Waals surface area contributed by atoms with Gasteiger partial charge in [-0.1, -0.05) is 12.1 Å². The molecule has 0 amide bonds. The van der Waals surface area contributed by atoms with E-state index in [4.69, 9.17) is 18.9 Å². The second kappa shape index (κ2) is 7.76. The van der Waals surface area contributed by atoms with E-state index in [1.807, 2.05) is 24.3 Å². The smallest absolute Gasteiger partial charge is 0.344 e. The normalized spacial score (nSPS) is 14.4. The van der Waals surface area contributed by atoms with Crippen LogP contribution in [0.1, 0.15) is 36.7 Å². The fraction of sp³-hybridized carbons (Fsp3) is 0.273. The van der Waals surface area contributed by atoms with Gasteiger partial charge in [0.25, 0.3) is 0 Å². The van der Waals surface area contributed by atoms with Crippen molar-refractivity contribution < 1.29 is 28.5 Å². The van der Waals surface area contributed by atoms with E-state index in [0.717, 1.165) is 5.56 Å². The van der Waals surface area contributed by atoms with Crippen LogP contribution in [-0.4, -0.2) is 31.1 Å². The van der Waals surface area contributed by atoms with Crippen molar-refractivity contribution in [3.8, 4) is 17.2 Å². The number of ketones is 1. The molecule has 0 spiro atoms. The number of esters is 1. The van der Waals surface area contributed by atoms with Crippen molar-refractivity contribution in [2.75, 3.05) is 13.7 Å². The molecule has 0 saturated carbocycles. The molecule has 0 N–H and O–H groups in total. The van der Waals surface area contributed by atoms with Crippen LogP contribution >= 0.6 is 0 Å². The van der Waals surface area contributed by atoms with Crippen LogP contribution in [-0.2, 0) is 9.53 Å². The van der Waals surface area contributed by atoms with E-state index in [0.29, 0.717) is 22.8 Å². The minimum atomic E-state index is -0.576. The largest absolute Gasteiger partial charge is 0.497 e. The number of rotatable bonds is 5. The summed E-state index contributed by atoms with van der Waals surface area (Å²) in [6, 6.07) is 12.1. The van der Waals surface area contributed by atoms with E-state index >= 15 is 0 Å². The summed E-state index contributed by atoms with van der Waals surface area (Å²) in [5.41, 5.74) is 0.656. The highest BCUT2D eigenvalue weighted by Gasteiger charge is 2.28. The number of hydrogen-bond donors (Lipinski definition) is 0. The summed E-state index contributed by atoms with van der Waals surface area (Å²) in [7, 11) is 1.58. The number of benzene rings is 2. The van der Waals surface area contributed by atoms with Gasteiger partial charge in [-0.05, 0) is 56.7 Å². The van der Waals surface area contributed by atoms with Gasteiger partial charge in [0, 0.05) is 6.07 Å². The van der Waals surface area contributed by atoms with Crippen molar-refractivity contribution in [3.05, 3.63) is 59.4 Å². The minimum Gasteiger partial charge on any atom is -0.497 e. The first-order valence-corrected chi connectivity index (χ1v) is 8.82. The van der Waals surface area contributed by atoms with Crippen molar-refractivity contribution in [1.29, 1.82) is 0 Å². The van der Waals surface area contributed by atoms with Crippen LogP contribution in [0.3, 0.4) is 0 Å². The van der Waals surface area contributed by atoms with Gasteiger partial charge < -0.3 is 18.9 Å². The van der Waals surface area contributed by atoms with Crippen molar-refractivity contribution in [2.24, 2.45) is 0 Å². The minimum absolute atomic E-state index is 0.212. The van der Waals surface area contributed by atoms with Crippen molar-refractivity contribution >= 4 is 17.8 Å². The lowest BCUT2D eigenvalue weighted by Gasteiger charge is -2.19. The number of fused-ring (bicyclic) bond motifs is 1. The Kier molecular flexibility index (Phi) is 5.40. The lowest BCUT2D eigenvalue weighted by atomic mass is 10.1. The average molecular weight is 382 g/mol. The molecule has 0 aliphatic carbocycles. The van der Waals surface area contributed by atoms with Crippen molar-refractivity contribution in [1.82, 2.24) is 0 Å². The number of Topliss-reactive ketones (excluding diaryl/α,β-unsaturated/α-hetero) is 1. The Hall–Kier alpha value is -3.28. The molecule has 28 heavy (non-hydrogen) atoms. The van der Waals surface area contributed by atoms with Crippen LogP contribution in [0.2, 0.25) is 0 Å². The Morgan fingerprint density at radius 3 is 2.61 bits per heavy atom. The third-order valence-electron chi connectivity index (χ3n) is 3.81. The molecule has 0 radical (unpaired) electrons. The number of ether oxygens (including phenoxy) is 4. The van der Waals surface area contributed by atoms with E-state index < -0.39 is 11.6 Å². The van der Waals surface area contributed by atoms with Gasteiger partial charge in [0.1, 0.15) is 22.8 Å². The monoisotopic (exact) mass is 382 g/mol. The summed E-state index contributed by atoms with van der Waals surface area (Å²) in [5, 5.41) is 0. The maximum absolute atomic E-state index is 12.6. The zero-order valence-electron chi connectivity index (χ0n) is 16.3. The molecule has 0 bridgehead atoms. The summed E-state index contributed by atoms with van der Waals surface area (Å²) in [4.78, 5) is 24.3. The highest BCUT2D eigenvalue weighted by Crippen LogP contribution is 2.35. The number of hydrogen-bond acceptors (Lipinski definition) is 6. The highest BCUT2D eigenvalue weighted by molar-refractivity contribution is 6.14. The molecule has 0 fully saturated rings. The van der Waals surface area contributed by atoms with Crippen LogP contribution in [0.4, 0.5) is 0 Å². The SMILES string of the molecule is COc1cccc(C=C2Oc3cc(OCC(=O)OC(C)(C)C)ccc3C2=O)c1. The predicted molar refractivity (Wildman–Crippen MR) is 104 cm³/mol. The number of allylic oxidation sites excluding steroid dienone is 1. The number of carbonyl (C=O) groups excluding carboxylic acids is 2. The summed E-state index contributed by atoms with van der Waals surface area (Å²) in [6.07, 6.45) is 1.66. The van der Waals surface area contributed by atoms with Crippen LogP contribution in [0.5, 0.6) is 17.2 Å². The van der Waals surface area contributed by atoms with Crippen LogP contribution in [0.15, 0.2) is 48.2 Å². The molecule has 146 valence electrons. The molecule has 6 nitrogen and oxygen atoms in total. The Bertz CT molecular complexity index is 936. The van der Waals surface area contributed by atoms with E-state index in [2.05, 4.69) is 0 Å². The van der Waals surface area contributed by atoms with Crippen molar-refractivity contribution in [3.63, 3.8) is 0 Å². The van der Waals surface area contributed by atoms with Crippen LogP contribution < -0.4 is 14.2 Å².